The Morgan fingerprint density at radius 1 is 0.478 bits per heavy atom. The molecule has 0 aliphatic carbocycles. The lowest BCUT2D eigenvalue weighted by molar-refractivity contribution is 0.931. The molecule has 0 saturated heterocycles. The summed E-state index contributed by atoms with van der Waals surface area (Å²) in [7, 11) is 0. The molecule has 234 valence electrons. The number of aromatic nitrogens is 4. The molecule has 0 atom stereocenters. The predicted molar refractivity (Wildman–Crippen MR) is 203 cm³/mol. The number of aryl methyl sites for hydroxylation is 2. The zero-order valence-corrected chi connectivity index (χ0v) is 28.9. The Bertz CT molecular complexity index is 2070. The van der Waals surface area contributed by atoms with Gasteiger partial charge in [0.25, 0.3) is 0 Å². The van der Waals surface area contributed by atoms with E-state index in [2.05, 4.69) is 110 Å². The third kappa shape index (κ3) is 6.08. The third-order valence-electron chi connectivity index (χ3n) is 8.77. The molecule has 0 fully saturated rings. The molecule has 5 aromatic heterocycles. The minimum atomic E-state index is 1.02. The van der Waals surface area contributed by atoms with Crippen LogP contribution >= 0.6 is 22.7 Å². The number of fused-ring (bicyclic) bond motifs is 16. The van der Waals surface area contributed by atoms with E-state index < -0.39 is 0 Å². The van der Waals surface area contributed by atoms with Crippen LogP contribution in [0.15, 0.2) is 60.7 Å². The monoisotopic (exact) mass is 642 g/mol. The first-order valence-electron chi connectivity index (χ1n) is 16.9. The van der Waals surface area contributed by atoms with Gasteiger partial charge in [-0.15, -0.1) is 22.7 Å². The van der Waals surface area contributed by atoms with Crippen LogP contribution in [0.25, 0.3) is 64.2 Å². The highest BCUT2D eigenvalue weighted by Crippen LogP contribution is 2.35. The molecule has 0 spiro atoms. The van der Waals surface area contributed by atoms with Gasteiger partial charge in [0.15, 0.2) is 0 Å². The topological polar surface area (TPSA) is 57.4 Å². The standard InChI is InChI=1S/C40H42N4S2/c1-5-9-25-21-33-37-17-18-38(45-37)34-23-27(11-7-3)31(43-34)15-16-32-28(12-8-4)24-36(44-32)40-20-19-39(46-40)35-22-26(10-6-2)30(42-35)14-13-29(25)41-33/h13-24,41,43H,5-12H2,1-4H3. The van der Waals surface area contributed by atoms with E-state index in [4.69, 9.17) is 9.97 Å². The van der Waals surface area contributed by atoms with Gasteiger partial charge in [0, 0.05) is 11.0 Å². The van der Waals surface area contributed by atoms with Crippen LogP contribution in [-0.4, -0.2) is 19.9 Å². The summed E-state index contributed by atoms with van der Waals surface area (Å²) >= 11 is 3.63. The molecule has 2 N–H and O–H groups in total. The fourth-order valence-corrected chi connectivity index (χ4v) is 8.41. The first-order valence-corrected chi connectivity index (χ1v) is 18.5. The Hall–Kier alpha value is -4.00. The average Bonchev–Trinajstić information content (AvgIpc) is 3.88. The van der Waals surface area contributed by atoms with E-state index in [9.17, 15) is 0 Å². The van der Waals surface area contributed by atoms with Crippen LogP contribution in [0.4, 0.5) is 0 Å². The predicted octanol–water partition coefficient (Wildman–Crippen LogP) is 12.5. The van der Waals surface area contributed by atoms with Crippen LogP contribution in [0.5, 0.6) is 0 Å². The quantitative estimate of drug-likeness (QED) is 0.177. The van der Waals surface area contributed by atoms with E-state index in [1.165, 1.54) is 63.1 Å². The molecule has 0 radical (unpaired) electrons. The number of hydrogen-bond acceptors (Lipinski definition) is 4. The van der Waals surface area contributed by atoms with Gasteiger partial charge in [0.1, 0.15) is 0 Å². The second-order valence-electron chi connectivity index (χ2n) is 12.3. The minimum absolute atomic E-state index is 1.02. The van der Waals surface area contributed by atoms with Crippen LogP contribution in [0.3, 0.4) is 0 Å². The molecule has 0 aromatic carbocycles. The molecular weight excluding hydrogens is 601 g/mol. The number of H-pyrrole nitrogens is 2. The number of rotatable bonds is 8. The fraction of sp³-hybridized carbons (Fsp3) is 0.300. The maximum Gasteiger partial charge on any atom is 0.0812 e. The molecule has 0 unspecified atom stereocenters. The van der Waals surface area contributed by atoms with Crippen LogP contribution in [0, 0.1) is 0 Å². The number of nitrogens with one attached hydrogen (secondary N) is 2. The lowest BCUT2D eigenvalue weighted by Gasteiger charge is -1.97. The second kappa shape index (κ2) is 13.4. The normalized spacial score (nSPS) is 12.9. The Kier molecular flexibility index (Phi) is 8.92. The van der Waals surface area contributed by atoms with Gasteiger partial charge in [0.05, 0.1) is 52.6 Å². The van der Waals surface area contributed by atoms with Gasteiger partial charge < -0.3 is 9.97 Å². The first kappa shape index (κ1) is 30.6. The summed E-state index contributed by atoms with van der Waals surface area (Å²) in [5.41, 5.74) is 14.3. The van der Waals surface area contributed by atoms with Crippen LogP contribution < -0.4 is 0 Å². The van der Waals surface area contributed by atoms with Crippen LogP contribution in [-0.2, 0) is 12.8 Å². The van der Waals surface area contributed by atoms with Gasteiger partial charge >= 0.3 is 0 Å². The minimum Gasteiger partial charge on any atom is -0.354 e. The van der Waals surface area contributed by atoms with Gasteiger partial charge in [-0.3, -0.25) is 0 Å². The SMILES string of the molecule is CCCC1=Cc2nc1ccc1[nH]c(cc1CCC)c1ccc(s1)c1cc(CCC)c(ccc3nc(c4ccc2s4)C=C3CCC)[nH]1. The van der Waals surface area contributed by atoms with E-state index in [1.54, 1.807) is 11.3 Å². The number of allylic oxidation sites excluding steroid dienone is 2. The smallest absolute Gasteiger partial charge is 0.0812 e. The molecule has 0 saturated carbocycles. The zero-order valence-electron chi connectivity index (χ0n) is 27.3. The van der Waals surface area contributed by atoms with E-state index in [1.807, 2.05) is 11.3 Å². The Labute approximate surface area is 279 Å². The van der Waals surface area contributed by atoms with Gasteiger partial charge in [-0.05, 0) is 121 Å². The highest BCUT2D eigenvalue weighted by molar-refractivity contribution is 7.24. The van der Waals surface area contributed by atoms with Gasteiger partial charge in [-0.2, -0.15) is 0 Å². The summed E-state index contributed by atoms with van der Waals surface area (Å²) in [6, 6.07) is 22.6. The van der Waals surface area contributed by atoms with E-state index >= 15 is 0 Å². The van der Waals surface area contributed by atoms with Crippen molar-refractivity contribution in [3.8, 4) is 0 Å². The van der Waals surface area contributed by atoms with Gasteiger partial charge in [-0.1, -0.05) is 53.4 Å². The number of thiophene rings is 2. The highest BCUT2D eigenvalue weighted by atomic mass is 32.1. The van der Waals surface area contributed by atoms with Crippen LogP contribution in [0.1, 0.15) is 100 Å². The van der Waals surface area contributed by atoms with Crippen molar-refractivity contribution in [3.63, 3.8) is 0 Å². The lowest BCUT2D eigenvalue weighted by atomic mass is 10.1. The summed E-state index contributed by atoms with van der Waals surface area (Å²) in [5.74, 6) is 0. The summed E-state index contributed by atoms with van der Waals surface area (Å²) in [6.07, 6.45) is 13.1. The molecule has 7 heterocycles. The van der Waals surface area contributed by atoms with Crippen molar-refractivity contribution in [3.05, 3.63) is 94.6 Å². The van der Waals surface area contributed by atoms with E-state index in [-0.39, 0.29) is 0 Å². The summed E-state index contributed by atoms with van der Waals surface area (Å²) in [5, 5.41) is 0. The van der Waals surface area contributed by atoms with Crippen molar-refractivity contribution in [2.75, 3.05) is 0 Å². The molecule has 7 rings (SSSR count). The summed E-state index contributed by atoms with van der Waals surface area (Å²) in [4.78, 5) is 17.9. The number of aromatic amines is 2. The van der Waals surface area contributed by atoms with Crippen LogP contribution in [0.2, 0.25) is 0 Å². The molecule has 2 aliphatic rings. The third-order valence-corrected chi connectivity index (χ3v) is 11.1. The average molecular weight is 643 g/mol. The van der Waals surface area contributed by atoms with Crippen molar-refractivity contribution in [1.29, 1.82) is 0 Å². The highest BCUT2D eigenvalue weighted by Gasteiger charge is 2.14. The van der Waals surface area contributed by atoms with E-state index in [0.29, 0.717) is 0 Å². The molecule has 46 heavy (non-hydrogen) atoms. The molecule has 5 aromatic rings. The molecule has 2 aliphatic heterocycles. The Morgan fingerprint density at radius 3 is 1.33 bits per heavy atom. The van der Waals surface area contributed by atoms with Crippen molar-refractivity contribution in [1.82, 2.24) is 19.9 Å². The van der Waals surface area contributed by atoms with Crippen molar-refractivity contribution >= 4 is 86.8 Å². The maximum absolute atomic E-state index is 5.17. The summed E-state index contributed by atoms with van der Waals surface area (Å²) < 4.78 is 4.89. The number of hydrogen-bond donors (Lipinski definition) is 2. The zero-order chi connectivity index (χ0) is 31.6. The molecule has 0 amide bonds. The molecule has 12 bridgehead atoms. The maximum atomic E-state index is 5.17. The Morgan fingerprint density at radius 2 is 0.891 bits per heavy atom. The van der Waals surface area contributed by atoms with E-state index in [0.717, 1.165) is 74.1 Å². The summed E-state index contributed by atoms with van der Waals surface area (Å²) in [6.45, 7) is 8.99. The van der Waals surface area contributed by atoms with Crippen molar-refractivity contribution in [2.24, 2.45) is 0 Å². The molecular formula is C40H42N4S2. The second-order valence-corrected chi connectivity index (χ2v) is 14.5. The largest absolute Gasteiger partial charge is 0.354 e. The van der Waals surface area contributed by atoms with Crippen molar-refractivity contribution in [2.45, 2.75) is 79.1 Å². The fourth-order valence-electron chi connectivity index (χ4n) is 6.53. The first-order chi connectivity index (χ1) is 22.6. The molecule has 6 heteroatoms. The van der Waals surface area contributed by atoms with Gasteiger partial charge in [-0.25, -0.2) is 9.97 Å². The lowest BCUT2D eigenvalue weighted by Crippen LogP contribution is -1.81. The van der Waals surface area contributed by atoms with Gasteiger partial charge in [0.2, 0.25) is 0 Å². The van der Waals surface area contributed by atoms with Crippen molar-refractivity contribution < 1.29 is 0 Å². The molecule has 4 nitrogen and oxygen atoms in total. The number of nitrogens with zero attached hydrogens (tertiary/aromatic N) is 2. The Balaban J connectivity index is 1.53.